The van der Waals surface area contributed by atoms with E-state index in [9.17, 15) is 13.2 Å². The summed E-state index contributed by atoms with van der Waals surface area (Å²) >= 11 is 0. The molecule has 160 valence electrons. The van der Waals surface area contributed by atoms with E-state index in [0.29, 0.717) is 18.2 Å². The van der Waals surface area contributed by atoms with Crippen LogP contribution in [-0.2, 0) is 6.18 Å². The Hall–Kier alpha value is -3.76. The van der Waals surface area contributed by atoms with Gasteiger partial charge in [0, 0.05) is 17.8 Å². The van der Waals surface area contributed by atoms with Crippen LogP contribution in [0.15, 0.2) is 48.9 Å². The molecule has 1 aliphatic heterocycles. The number of para-hydroxylation sites is 1. The second-order valence-electron chi connectivity index (χ2n) is 7.04. The number of H-pyrrole nitrogens is 1. The van der Waals surface area contributed by atoms with Crippen molar-refractivity contribution in [1.82, 2.24) is 24.7 Å². The predicted molar refractivity (Wildman–Crippen MR) is 105 cm³/mol. The van der Waals surface area contributed by atoms with E-state index in [-0.39, 0.29) is 28.9 Å². The van der Waals surface area contributed by atoms with Crippen LogP contribution in [0.5, 0.6) is 11.6 Å². The molecule has 0 saturated heterocycles. The monoisotopic (exact) mass is 430 g/mol. The van der Waals surface area contributed by atoms with Crippen molar-refractivity contribution in [3.63, 3.8) is 0 Å². The van der Waals surface area contributed by atoms with Crippen molar-refractivity contribution in [2.24, 2.45) is 0 Å². The van der Waals surface area contributed by atoms with Gasteiger partial charge in [-0.3, -0.25) is 4.68 Å². The molecule has 0 unspecified atom stereocenters. The Labute approximate surface area is 174 Å². The molecule has 5 rings (SSSR count). The lowest BCUT2D eigenvalue weighted by Crippen LogP contribution is -2.33. The number of nitrogens with one attached hydrogen (secondary N) is 2. The standard InChI is InChI=1S/C20H17F3N6O2/c1-30-16-6-7-29(28-16)13-9-31-14-5-3-2-4-11(14)17(13)27-19-12-8-15(20(21,22)23)26-18(12)24-10-25-19/h2-8,10,13,17H,9H2,1H3,(H2,24,25,26,27)/t13-,17-/m0/s1. The van der Waals surface area contributed by atoms with E-state index >= 15 is 0 Å². The number of aromatic amines is 1. The van der Waals surface area contributed by atoms with Crippen molar-refractivity contribution in [2.75, 3.05) is 19.0 Å². The normalized spacial score (nSPS) is 18.5. The Morgan fingerprint density at radius 1 is 1.23 bits per heavy atom. The van der Waals surface area contributed by atoms with Crippen LogP contribution in [0.1, 0.15) is 23.3 Å². The second kappa shape index (κ2) is 7.18. The fraction of sp³-hybridized carbons (Fsp3) is 0.250. The summed E-state index contributed by atoms with van der Waals surface area (Å²) in [6.07, 6.45) is -1.53. The van der Waals surface area contributed by atoms with Gasteiger partial charge in [0.05, 0.1) is 18.5 Å². The molecular weight excluding hydrogens is 413 g/mol. The summed E-state index contributed by atoms with van der Waals surface area (Å²) in [5.41, 5.74) is 0.0563. The summed E-state index contributed by atoms with van der Waals surface area (Å²) in [4.78, 5) is 10.5. The first-order chi connectivity index (χ1) is 14.9. The summed E-state index contributed by atoms with van der Waals surface area (Å²) in [6, 6.07) is 9.53. The summed E-state index contributed by atoms with van der Waals surface area (Å²) < 4.78 is 52.4. The zero-order valence-corrected chi connectivity index (χ0v) is 16.2. The molecule has 4 heterocycles. The molecule has 4 aromatic rings. The van der Waals surface area contributed by atoms with Gasteiger partial charge in [0.1, 0.15) is 41.9 Å². The highest BCUT2D eigenvalue weighted by Crippen LogP contribution is 2.41. The number of anilines is 1. The molecule has 1 aromatic carbocycles. The van der Waals surface area contributed by atoms with Crippen LogP contribution < -0.4 is 14.8 Å². The van der Waals surface area contributed by atoms with E-state index in [1.165, 1.54) is 13.4 Å². The topological polar surface area (TPSA) is 89.9 Å². The number of hydrogen-bond donors (Lipinski definition) is 2. The molecule has 0 saturated carbocycles. The van der Waals surface area contributed by atoms with Gasteiger partial charge in [-0.15, -0.1) is 5.10 Å². The van der Waals surface area contributed by atoms with Gasteiger partial charge >= 0.3 is 6.18 Å². The van der Waals surface area contributed by atoms with Crippen molar-refractivity contribution in [3.05, 3.63) is 60.2 Å². The van der Waals surface area contributed by atoms with E-state index in [1.54, 1.807) is 16.9 Å². The van der Waals surface area contributed by atoms with Crippen LogP contribution in [0, 0.1) is 0 Å². The average molecular weight is 430 g/mol. The number of benzene rings is 1. The van der Waals surface area contributed by atoms with Crippen LogP contribution in [0.2, 0.25) is 0 Å². The first-order valence-corrected chi connectivity index (χ1v) is 9.42. The molecule has 0 fully saturated rings. The molecule has 0 aliphatic carbocycles. The van der Waals surface area contributed by atoms with Crippen LogP contribution in [-0.4, -0.2) is 38.4 Å². The zero-order chi connectivity index (χ0) is 21.6. The highest BCUT2D eigenvalue weighted by molar-refractivity contribution is 5.88. The fourth-order valence-corrected chi connectivity index (χ4v) is 3.72. The number of methoxy groups -OCH3 is 1. The molecule has 31 heavy (non-hydrogen) atoms. The minimum Gasteiger partial charge on any atom is -0.491 e. The largest absolute Gasteiger partial charge is 0.491 e. The quantitative estimate of drug-likeness (QED) is 0.509. The van der Waals surface area contributed by atoms with Crippen LogP contribution in [0.25, 0.3) is 11.0 Å². The Balaban J connectivity index is 1.58. The van der Waals surface area contributed by atoms with E-state index in [2.05, 4.69) is 25.4 Å². The summed E-state index contributed by atoms with van der Waals surface area (Å²) in [7, 11) is 1.52. The van der Waals surface area contributed by atoms with E-state index in [4.69, 9.17) is 9.47 Å². The molecule has 3 aromatic heterocycles. The number of fused-ring (bicyclic) bond motifs is 2. The van der Waals surface area contributed by atoms with Gasteiger partial charge < -0.3 is 19.8 Å². The first kappa shape index (κ1) is 19.2. The SMILES string of the molecule is COc1ccn([C@H]2COc3ccccc3[C@@H]2Nc2ncnc3[nH]c(C(F)(F)F)cc23)n1. The van der Waals surface area contributed by atoms with E-state index in [1.807, 2.05) is 24.3 Å². The Morgan fingerprint density at radius 2 is 2.06 bits per heavy atom. The average Bonchev–Trinajstić information content (AvgIpc) is 3.41. The van der Waals surface area contributed by atoms with E-state index < -0.39 is 11.9 Å². The maximum absolute atomic E-state index is 13.2. The molecule has 1 aliphatic rings. The van der Waals surface area contributed by atoms with Gasteiger partial charge in [-0.25, -0.2) is 9.97 Å². The van der Waals surface area contributed by atoms with Crippen LogP contribution >= 0.6 is 0 Å². The Bertz CT molecular complexity index is 1240. The third kappa shape index (κ3) is 3.41. The Kier molecular flexibility index (Phi) is 4.45. The maximum atomic E-state index is 13.2. The summed E-state index contributed by atoms with van der Waals surface area (Å²) in [5, 5.41) is 7.95. The third-order valence-electron chi connectivity index (χ3n) is 5.20. The molecule has 0 amide bonds. The van der Waals surface area contributed by atoms with Crippen LogP contribution in [0.3, 0.4) is 0 Å². The van der Waals surface area contributed by atoms with Gasteiger partial charge in [-0.1, -0.05) is 18.2 Å². The summed E-state index contributed by atoms with van der Waals surface area (Å²) in [6.45, 7) is 0.300. The minimum absolute atomic E-state index is 0.0995. The highest BCUT2D eigenvalue weighted by atomic mass is 19.4. The summed E-state index contributed by atoms with van der Waals surface area (Å²) in [5.74, 6) is 1.41. The minimum atomic E-state index is -4.52. The molecule has 0 bridgehead atoms. The lowest BCUT2D eigenvalue weighted by Gasteiger charge is -2.34. The maximum Gasteiger partial charge on any atom is 0.431 e. The van der Waals surface area contributed by atoms with Gasteiger partial charge in [0.15, 0.2) is 0 Å². The Morgan fingerprint density at radius 3 is 2.84 bits per heavy atom. The van der Waals surface area contributed by atoms with Crippen molar-refractivity contribution >= 4 is 16.9 Å². The van der Waals surface area contributed by atoms with Gasteiger partial charge in [-0.2, -0.15) is 13.2 Å². The fourth-order valence-electron chi connectivity index (χ4n) is 3.72. The zero-order valence-electron chi connectivity index (χ0n) is 16.2. The molecular formula is C20H17F3N6O2. The van der Waals surface area contributed by atoms with Crippen molar-refractivity contribution in [1.29, 1.82) is 0 Å². The molecule has 0 radical (unpaired) electrons. The third-order valence-corrected chi connectivity index (χ3v) is 5.20. The van der Waals surface area contributed by atoms with E-state index in [0.717, 1.165) is 11.6 Å². The molecule has 0 spiro atoms. The lowest BCUT2D eigenvalue weighted by atomic mass is 9.96. The lowest BCUT2D eigenvalue weighted by molar-refractivity contribution is -0.140. The molecule has 11 heteroatoms. The van der Waals surface area contributed by atoms with Gasteiger partial charge in [0.2, 0.25) is 5.88 Å². The van der Waals surface area contributed by atoms with Gasteiger partial charge in [0.25, 0.3) is 0 Å². The smallest absolute Gasteiger partial charge is 0.431 e. The predicted octanol–water partition coefficient (Wildman–Crippen LogP) is 3.97. The number of hydrogen-bond acceptors (Lipinski definition) is 6. The number of aromatic nitrogens is 5. The van der Waals surface area contributed by atoms with Crippen molar-refractivity contribution in [2.45, 2.75) is 18.3 Å². The number of nitrogens with zero attached hydrogens (tertiary/aromatic N) is 4. The number of alkyl halides is 3. The highest BCUT2D eigenvalue weighted by Gasteiger charge is 2.35. The second-order valence-corrected chi connectivity index (χ2v) is 7.04. The molecule has 2 N–H and O–H groups in total. The number of halogens is 3. The van der Waals surface area contributed by atoms with Gasteiger partial charge in [-0.05, 0) is 12.1 Å². The number of ether oxygens (including phenoxy) is 2. The molecule has 8 nitrogen and oxygen atoms in total. The van der Waals surface area contributed by atoms with Crippen molar-refractivity contribution in [3.8, 4) is 11.6 Å². The number of rotatable bonds is 4. The first-order valence-electron chi connectivity index (χ1n) is 9.42. The van der Waals surface area contributed by atoms with Crippen molar-refractivity contribution < 1.29 is 22.6 Å². The van der Waals surface area contributed by atoms with Crippen LogP contribution in [0.4, 0.5) is 19.0 Å². The molecule has 2 atom stereocenters.